The standard InChI is InChI=1S/C20H18N2O8S/c1-4-28-19(24)17-11(3)18(20(25)29-5-2)31-15(17)9-14(23)12(10-21)8-13-6-7-16(30-13)22(26)27/h6-8H,4-5,9H2,1-3H3/b12-8+. The van der Waals surface area contributed by atoms with Crippen LogP contribution in [0.3, 0.4) is 0 Å². The molecule has 162 valence electrons. The molecule has 2 aromatic heterocycles. The van der Waals surface area contributed by atoms with Crippen LogP contribution in [0.5, 0.6) is 0 Å². The largest absolute Gasteiger partial charge is 0.462 e. The fourth-order valence-electron chi connectivity index (χ4n) is 2.64. The summed E-state index contributed by atoms with van der Waals surface area (Å²) in [5.74, 6) is -2.57. The van der Waals surface area contributed by atoms with E-state index >= 15 is 0 Å². The molecule has 0 bridgehead atoms. The van der Waals surface area contributed by atoms with Gasteiger partial charge < -0.3 is 13.9 Å². The lowest BCUT2D eigenvalue weighted by Crippen LogP contribution is -2.12. The minimum absolute atomic E-state index is 0.0446. The van der Waals surface area contributed by atoms with Gasteiger partial charge in [-0.3, -0.25) is 14.9 Å². The molecule has 0 spiro atoms. The number of esters is 2. The molecular formula is C20H18N2O8S. The van der Waals surface area contributed by atoms with Crippen molar-refractivity contribution in [3.63, 3.8) is 0 Å². The van der Waals surface area contributed by atoms with E-state index in [0.29, 0.717) is 5.56 Å². The molecule has 0 unspecified atom stereocenters. The Labute approximate surface area is 180 Å². The molecule has 11 heteroatoms. The molecule has 2 rings (SSSR count). The number of hydrogen-bond donors (Lipinski definition) is 0. The number of hydrogen-bond acceptors (Lipinski definition) is 10. The molecule has 0 atom stereocenters. The molecule has 0 radical (unpaired) electrons. The van der Waals surface area contributed by atoms with E-state index in [0.717, 1.165) is 23.5 Å². The van der Waals surface area contributed by atoms with Gasteiger partial charge in [-0.25, -0.2) is 9.59 Å². The number of nitriles is 1. The maximum absolute atomic E-state index is 12.7. The summed E-state index contributed by atoms with van der Waals surface area (Å²) >= 11 is 0.913. The lowest BCUT2D eigenvalue weighted by molar-refractivity contribution is -0.402. The highest BCUT2D eigenvalue weighted by Gasteiger charge is 2.28. The maximum Gasteiger partial charge on any atom is 0.433 e. The number of Topliss-reactive ketones (excluding diaryl/α,β-unsaturated/α-hetero) is 1. The third-order valence-electron chi connectivity index (χ3n) is 3.98. The maximum atomic E-state index is 12.7. The van der Waals surface area contributed by atoms with Gasteiger partial charge in [-0.15, -0.1) is 11.3 Å². The average molecular weight is 446 g/mol. The number of nitro groups is 1. The molecule has 10 nitrogen and oxygen atoms in total. The van der Waals surface area contributed by atoms with Crippen LogP contribution in [-0.2, 0) is 20.7 Å². The van der Waals surface area contributed by atoms with E-state index in [4.69, 9.17) is 13.9 Å². The Kier molecular flexibility index (Phi) is 7.81. The summed E-state index contributed by atoms with van der Waals surface area (Å²) in [5.41, 5.74) is 0.0748. The number of carbonyl (C=O) groups is 3. The second kappa shape index (κ2) is 10.3. The zero-order valence-electron chi connectivity index (χ0n) is 16.9. The van der Waals surface area contributed by atoms with Gasteiger partial charge in [-0.2, -0.15) is 5.26 Å². The summed E-state index contributed by atoms with van der Waals surface area (Å²) in [5, 5.41) is 20.1. The van der Waals surface area contributed by atoms with Crippen LogP contribution in [0.4, 0.5) is 5.88 Å². The molecule has 0 N–H and O–H groups in total. The summed E-state index contributed by atoms with van der Waals surface area (Å²) in [7, 11) is 0. The average Bonchev–Trinajstić information content (AvgIpc) is 3.31. The van der Waals surface area contributed by atoms with Crippen molar-refractivity contribution >= 4 is 41.0 Å². The molecule has 0 aliphatic carbocycles. The number of furan rings is 1. The summed E-state index contributed by atoms with van der Waals surface area (Å²) in [4.78, 5) is 47.7. The highest BCUT2D eigenvalue weighted by molar-refractivity contribution is 7.14. The van der Waals surface area contributed by atoms with Gasteiger partial charge in [-0.1, -0.05) is 0 Å². The van der Waals surface area contributed by atoms with Crippen LogP contribution in [0.1, 0.15) is 50.1 Å². The Morgan fingerprint density at radius 2 is 1.87 bits per heavy atom. The first kappa shape index (κ1) is 23.5. The molecule has 31 heavy (non-hydrogen) atoms. The van der Waals surface area contributed by atoms with Crippen molar-refractivity contribution in [1.82, 2.24) is 0 Å². The highest BCUT2D eigenvalue weighted by atomic mass is 32.1. The van der Waals surface area contributed by atoms with Crippen LogP contribution in [0.15, 0.2) is 22.1 Å². The fourth-order valence-corrected chi connectivity index (χ4v) is 3.82. The van der Waals surface area contributed by atoms with Crippen LogP contribution < -0.4 is 0 Å². The van der Waals surface area contributed by atoms with Crippen LogP contribution in [0.2, 0.25) is 0 Å². The SMILES string of the molecule is CCOC(=O)c1sc(CC(=O)/C(C#N)=C/c2ccc([N+](=O)[O-])o2)c(C(=O)OCC)c1C. The van der Waals surface area contributed by atoms with Gasteiger partial charge in [-0.05, 0) is 32.4 Å². The molecule has 0 aromatic carbocycles. The van der Waals surface area contributed by atoms with Crippen molar-refractivity contribution in [2.45, 2.75) is 27.2 Å². The third-order valence-corrected chi connectivity index (χ3v) is 5.25. The second-order valence-corrected chi connectivity index (χ2v) is 7.10. The van der Waals surface area contributed by atoms with Crippen LogP contribution in [-0.4, -0.2) is 35.9 Å². The topological polar surface area (TPSA) is 150 Å². The van der Waals surface area contributed by atoms with E-state index in [1.54, 1.807) is 26.8 Å². The number of nitrogens with zero attached hydrogens (tertiary/aromatic N) is 2. The Bertz CT molecular complexity index is 1100. The van der Waals surface area contributed by atoms with Crippen molar-refractivity contribution in [2.75, 3.05) is 13.2 Å². The molecule has 0 aliphatic heterocycles. The zero-order chi connectivity index (χ0) is 23.1. The first-order valence-electron chi connectivity index (χ1n) is 9.09. The second-order valence-electron chi connectivity index (χ2n) is 6.00. The fraction of sp³-hybridized carbons (Fsp3) is 0.300. The van der Waals surface area contributed by atoms with E-state index in [9.17, 15) is 29.8 Å². The van der Waals surface area contributed by atoms with Crippen LogP contribution in [0.25, 0.3) is 6.08 Å². The van der Waals surface area contributed by atoms with Gasteiger partial charge in [0, 0.05) is 17.4 Å². The molecule has 2 heterocycles. The summed E-state index contributed by atoms with van der Waals surface area (Å²) in [6, 6.07) is 4.07. The van der Waals surface area contributed by atoms with Gasteiger partial charge in [0.2, 0.25) is 0 Å². The number of ether oxygens (including phenoxy) is 2. The predicted molar refractivity (Wildman–Crippen MR) is 109 cm³/mol. The molecule has 0 saturated carbocycles. The Morgan fingerprint density at radius 1 is 1.23 bits per heavy atom. The summed E-state index contributed by atoms with van der Waals surface area (Å²) < 4.78 is 15.0. The van der Waals surface area contributed by atoms with E-state index in [2.05, 4.69) is 0 Å². The molecule has 0 amide bonds. The summed E-state index contributed by atoms with van der Waals surface area (Å²) in [6.07, 6.45) is 0.716. The van der Waals surface area contributed by atoms with Gasteiger partial charge in [0.15, 0.2) is 5.78 Å². The van der Waals surface area contributed by atoms with Gasteiger partial charge in [0.1, 0.15) is 21.6 Å². The number of rotatable bonds is 9. The van der Waals surface area contributed by atoms with Crippen LogP contribution >= 0.6 is 11.3 Å². The monoisotopic (exact) mass is 446 g/mol. The first-order chi connectivity index (χ1) is 14.7. The van der Waals surface area contributed by atoms with Crippen molar-refractivity contribution in [3.05, 3.63) is 54.5 Å². The van der Waals surface area contributed by atoms with Crippen LogP contribution in [0, 0.1) is 28.4 Å². The minimum atomic E-state index is -0.748. The normalized spacial score (nSPS) is 11.0. The van der Waals surface area contributed by atoms with Crippen molar-refractivity contribution < 1.29 is 33.2 Å². The molecule has 0 aliphatic rings. The minimum Gasteiger partial charge on any atom is -0.462 e. The Hall–Kier alpha value is -3.78. The number of carbonyl (C=O) groups excluding carboxylic acids is 3. The molecule has 0 fully saturated rings. The Balaban J connectivity index is 2.41. The quantitative estimate of drug-likeness (QED) is 0.185. The number of allylic oxidation sites excluding steroid dienone is 1. The number of ketones is 1. The van der Waals surface area contributed by atoms with Gasteiger partial charge in [0.05, 0.1) is 30.4 Å². The smallest absolute Gasteiger partial charge is 0.433 e. The van der Waals surface area contributed by atoms with Crippen molar-refractivity contribution in [1.29, 1.82) is 5.26 Å². The predicted octanol–water partition coefficient (Wildman–Crippen LogP) is 3.63. The van der Waals surface area contributed by atoms with E-state index < -0.39 is 28.5 Å². The van der Waals surface area contributed by atoms with Crippen molar-refractivity contribution in [2.24, 2.45) is 0 Å². The van der Waals surface area contributed by atoms with E-state index in [1.165, 1.54) is 6.07 Å². The molecule has 0 saturated heterocycles. The molecule has 2 aromatic rings. The van der Waals surface area contributed by atoms with E-state index in [-0.39, 0.29) is 46.3 Å². The third kappa shape index (κ3) is 5.43. The van der Waals surface area contributed by atoms with E-state index in [1.807, 2.05) is 0 Å². The first-order valence-corrected chi connectivity index (χ1v) is 9.90. The highest BCUT2D eigenvalue weighted by Crippen LogP contribution is 2.31. The van der Waals surface area contributed by atoms with Gasteiger partial charge in [0.25, 0.3) is 0 Å². The number of thiophene rings is 1. The van der Waals surface area contributed by atoms with Crippen molar-refractivity contribution in [3.8, 4) is 6.07 Å². The molecular weight excluding hydrogens is 428 g/mol. The zero-order valence-corrected chi connectivity index (χ0v) is 17.7. The van der Waals surface area contributed by atoms with Gasteiger partial charge >= 0.3 is 17.8 Å². The summed E-state index contributed by atoms with van der Waals surface area (Å²) in [6.45, 7) is 5.04. The lowest BCUT2D eigenvalue weighted by Gasteiger charge is -2.05. The Morgan fingerprint density at radius 3 is 2.42 bits per heavy atom. The lowest BCUT2D eigenvalue weighted by atomic mass is 10.0.